The third-order valence-electron chi connectivity index (χ3n) is 5.41. The summed E-state index contributed by atoms with van der Waals surface area (Å²) >= 11 is 4.84. The number of rotatable bonds is 8. The highest BCUT2D eigenvalue weighted by molar-refractivity contribution is 9.10. The molecule has 1 heterocycles. The van der Waals surface area contributed by atoms with Crippen molar-refractivity contribution in [2.24, 2.45) is 4.99 Å². The van der Waals surface area contributed by atoms with Crippen LogP contribution in [0.3, 0.4) is 0 Å². The molecule has 0 radical (unpaired) electrons. The molecule has 7 heteroatoms. The summed E-state index contributed by atoms with van der Waals surface area (Å²) in [6.07, 6.45) is 2.71. The first kappa shape index (κ1) is 25.1. The fraction of sp³-hybridized carbons (Fsp3) is 0.214. The van der Waals surface area contributed by atoms with Gasteiger partial charge in [0.2, 0.25) is 0 Å². The molecule has 0 saturated carbocycles. The molecule has 1 fully saturated rings. The molecule has 1 aliphatic heterocycles. The number of para-hydroxylation sites is 1. The van der Waals surface area contributed by atoms with Crippen LogP contribution >= 0.6 is 27.7 Å². The van der Waals surface area contributed by atoms with Crippen molar-refractivity contribution in [2.45, 2.75) is 26.9 Å². The molecular weight excluding hydrogens is 524 g/mol. The molecular formula is C28H27BrN2O3S. The number of amidine groups is 1. The molecule has 0 N–H and O–H groups in total. The van der Waals surface area contributed by atoms with Gasteiger partial charge >= 0.3 is 0 Å². The largest absolute Gasteiger partial charge is 0.493 e. The highest BCUT2D eigenvalue weighted by Crippen LogP contribution is 2.38. The van der Waals surface area contributed by atoms with E-state index in [2.05, 4.69) is 22.9 Å². The molecule has 180 valence electrons. The summed E-state index contributed by atoms with van der Waals surface area (Å²) < 4.78 is 12.8. The lowest BCUT2D eigenvalue weighted by Crippen LogP contribution is -2.29. The minimum atomic E-state index is -0.0515. The molecule has 1 amide bonds. The van der Waals surface area contributed by atoms with Gasteiger partial charge in [0.1, 0.15) is 6.61 Å². The third kappa shape index (κ3) is 6.16. The van der Waals surface area contributed by atoms with E-state index in [1.54, 1.807) is 12.0 Å². The van der Waals surface area contributed by atoms with Crippen LogP contribution in [0.25, 0.3) is 6.08 Å². The Kier molecular flexibility index (Phi) is 8.31. The number of aryl methyl sites for hydroxylation is 1. The molecule has 5 nitrogen and oxygen atoms in total. The van der Waals surface area contributed by atoms with Gasteiger partial charge in [0.25, 0.3) is 5.91 Å². The summed E-state index contributed by atoms with van der Waals surface area (Å²) in [6.45, 7) is 5.09. The maximum Gasteiger partial charge on any atom is 0.266 e. The minimum Gasteiger partial charge on any atom is -0.493 e. The number of hydrogen-bond donors (Lipinski definition) is 0. The second-order valence-corrected chi connectivity index (χ2v) is 10.0. The van der Waals surface area contributed by atoms with Gasteiger partial charge in [-0.3, -0.25) is 9.69 Å². The van der Waals surface area contributed by atoms with Crippen LogP contribution in [-0.2, 0) is 11.4 Å². The zero-order valence-electron chi connectivity index (χ0n) is 20.0. The highest BCUT2D eigenvalue weighted by atomic mass is 79.9. The van der Waals surface area contributed by atoms with Crippen molar-refractivity contribution >= 4 is 50.5 Å². The van der Waals surface area contributed by atoms with Crippen molar-refractivity contribution in [1.29, 1.82) is 0 Å². The van der Waals surface area contributed by atoms with Crippen LogP contribution in [0.5, 0.6) is 11.5 Å². The van der Waals surface area contributed by atoms with Crippen molar-refractivity contribution in [2.75, 3.05) is 13.7 Å². The Bertz CT molecular complexity index is 1250. The van der Waals surface area contributed by atoms with E-state index in [1.165, 1.54) is 17.3 Å². The first-order chi connectivity index (χ1) is 17.0. The van der Waals surface area contributed by atoms with Crippen molar-refractivity contribution in [3.8, 4) is 11.5 Å². The number of methoxy groups -OCH3 is 1. The molecule has 1 saturated heterocycles. The van der Waals surface area contributed by atoms with Gasteiger partial charge in [-0.2, -0.15) is 0 Å². The topological polar surface area (TPSA) is 51.1 Å². The minimum absolute atomic E-state index is 0.0515. The Morgan fingerprint density at radius 2 is 1.80 bits per heavy atom. The number of aliphatic imine (C=N–C) groups is 1. The zero-order valence-corrected chi connectivity index (χ0v) is 22.4. The van der Waals surface area contributed by atoms with E-state index in [4.69, 9.17) is 14.5 Å². The molecule has 0 bridgehead atoms. The Morgan fingerprint density at radius 1 is 1.06 bits per heavy atom. The molecule has 0 aromatic heterocycles. The lowest BCUT2D eigenvalue weighted by atomic mass is 10.1. The van der Waals surface area contributed by atoms with Crippen molar-refractivity contribution in [3.05, 3.63) is 92.8 Å². The van der Waals surface area contributed by atoms with E-state index in [1.807, 2.05) is 79.7 Å². The van der Waals surface area contributed by atoms with E-state index in [9.17, 15) is 4.79 Å². The Labute approximate surface area is 219 Å². The summed E-state index contributed by atoms with van der Waals surface area (Å²) in [5.74, 6) is 1.17. The van der Waals surface area contributed by atoms with Crippen LogP contribution in [0, 0.1) is 6.92 Å². The van der Waals surface area contributed by atoms with Crippen LogP contribution in [0.1, 0.15) is 30.0 Å². The number of amides is 1. The molecule has 1 aliphatic rings. The standard InChI is InChI=1S/C28H27BrN2O3S/c1-4-16-31-27(32)25(35-28(31)30-23-14-8-19(2)9-15-23)17-21-6-5-7-24(33-3)26(21)34-18-20-10-12-22(29)13-11-20/h5-15,17H,4,16,18H2,1-3H3/b25-17+,30-28?. The maximum atomic E-state index is 13.3. The summed E-state index contributed by atoms with van der Waals surface area (Å²) in [4.78, 5) is 20.4. The average molecular weight is 552 g/mol. The number of thioether (sulfide) groups is 1. The normalized spacial score (nSPS) is 15.8. The van der Waals surface area contributed by atoms with E-state index < -0.39 is 0 Å². The summed E-state index contributed by atoms with van der Waals surface area (Å²) in [7, 11) is 1.61. The van der Waals surface area contributed by atoms with Crippen molar-refractivity contribution in [3.63, 3.8) is 0 Å². The monoisotopic (exact) mass is 550 g/mol. The van der Waals surface area contributed by atoms with E-state index >= 15 is 0 Å². The number of ether oxygens (including phenoxy) is 2. The zero-order chi connectivity index (χ0) is 24.8. The van der Waals surface area contributed by atoms with E-state index in [0.29, 0.717) is 34.7 Å². The van der Waals surface area contributed by atoms with Crippen LogP contribution in [-0.4, -0.2) is 29.6 Å². The van der Waals surface area contributed by atoms with Crippen molar-refractivity contribution < 1.29 is 14.3 Å². The first-order valence-corrected chi connectivity index (χ1v) is 13.0. The van der Waals surface area contributed by atoms with Crippen LogP contribution in [0.15, 0.2) is 81.1 Å². The van der Waals surface area contributed by atoms with Gasteiger partial charge in [-0.05, 0) is 67.1 Å². The smallest absolute Gasteiger partial charge is 0.266 e. The fourth-order valence-electron chi connectivity index (χ4n) is 3.58. The quantitative estimate of drug-likeness (QED) is 0.275. The number of nitrogens with zero attached hydrogens (tertiary/aromatic N) is 2. The Hall–Kier alpha value is -3.03. The molecule has 4 rings (SSSR count). The lowest BCUT2D eigenvalue weighted by molar-refractivity contribution is -0.122. The predicted octanol–water partition coefficient (Wildman–Crippen LogP) is 7.36. The van der Waals surface area contributed by atoms with Crippen molar-refractivity contribution in [1.82, 2.24) is 4.90 Å². The van der Waals surface area contributed by atoms with E-state index in [0.717, 1.165) is 27.7 Å². The van der Waals surface area contributed by atoms with Gasteiger partial charge in [-0.15, -0.1) is 0 Å². The molecule has 0 unspecified atom stereocenters. The maximum absolute atomic E-state index is 13.3. The van der Waals surface area contributed by atoms with Crippen LogP contribution in [0.4, 0.5) is 5.69 Å². The molecule has 0 spiro atoms. The molecule has 0 aliphatic carbocycles. The SMILES string of the molecule is CCCN1C(=O)/C(=C\c2cccc(OC)c2OCc2ccc(Br)cc2)SC1=Nc1ccc(C)cc1. The number of hydrogen-bond acceptors (Lipinski definition) is 5. The van der Waals surface area contributed by atoms with Gasteiger partial charge < -0.3 is 9.47 Å². The van der Waals surface area contributed by atoms with Crippen LogP contribution < -0.4 is 9.47 Å². The van der Waals surface area contributed by atoms with Gasteiger partial charge in [0.15, 0.2) is 16.7 Å². The second kappa shape index (κ2) is 11.6. The average Bonchev–Trinajstić information content (AvgIpc) is 3.14. The number of carbonyl (C=O) groups excluding carboxylic acids is 1. The van der Waals surface area contributed by atoms with Gasteiger partial charge in [-0.25, -0.2) is 4.99 Å². The molecule has 35 heavy (non-hydrogen) atoms. The highest BCUT2D eigenvalue weighted by Gasteiger charge is 2.33. The Morgan fingerprint density at radius 3 is 2.49 bits per heavy atom. The number of benzene rings is 3. The fourth-order valence-corrected chi connectivity index (χ4v) is 4.86. The van der Waals surface area contributed by atoms with Gasteiger partial charge in [0, 0.05) is 16.6 Å². The number of carbonyl (C=O) groups is 1. The van der Waals surface area contributed by atoms with Gasteiger partial charge in [-0.1, -0.05) is 64.8 Å². The first-order valence-electron chi connectivity index (χ1n) is 11.4. The van der Waals surface area contributed by atoms with E-state index in [-0.39, 0.29) is 5.91 Å². The number of halogens is 1. The molecule has 3 aromatic rings. The van der Waals surface area contributed by atoms with Gasteiger partial charge in [0.05, 0.1) is 17.7 Å². The lowest BCUT2D eigenvalue weighted by Gasteiger charge is -2.14. The summed E-state index contributed by atoms with van der Waals surface area (Å²) in [5, 5.41) is 0.687. The predicted molar refractivity (Wildman–Crippen MR) is 147 cm³/mol. The molecule has 0 atom stereocenters. The second-order valence-electron chi connectivity index (χ2n) is 8.09. The summed E-state index contributed by atoms with van der Waals surface area (Å²) in [6, 6.07) is 21.6. The Balaban J connectivity index is 1.65. The molecule has 3 aromatic carbocycles. The summed E-state index contributed by atoms with van der Waals surface area (Å²) in [5.41, 5.74) is 3.81. The third-order valence-corrected chi connectivity index (χ3v) is 6.94. The van der Waals surface area contributed by atoms with Crippen LogP contribution in [0.2, 0.25) is 0 Å².